The van der Waals surface area contributed by atoms with E-state index in [1.807, 2.05) is 18.2 Å². The predicted molar refractivity (Wildman–Crippen MR) is 167 cm³/mol. The summed E-state index contributed by atoms with van der Waals surface area (Å²) in [5.41, 5.74) is 6.36. The van der Waals surface area contributed by atoms with Crippen molar-refractivity contribution in [1.82, 2.24) is 26.3 Å². The summed E-state index contributed by atoms with van der Waals surface area (Å²) in [4.78, 5) is 79.0. The summed E-state index contributed by atoms with van der Waals surface area (Å²) in [7, 11) is 0. The molecule has 0 bridgehead atoms. The quantitative estimate of drug-likeness (QED) is 0.133. The molecule has 4 unspecified atom stereocenters. The van der Waals surface area contributed by atoms with Crippen LogP contribution in [0.4, 0.5) is 10.5 Å². The molecule has 3 aromatic rings. The highest BCUT2D eigenvalue weighted by molar-refractivity contribution is 5.97. The number of carboxylic acid groups (broad SMARTS) is 1. The molecule has 2 aromatic carbocycles. The number of aromatic amines is 1. The summed E-state index contributed by atoms with van der Waals surface area (Å²) < 4.78 is 0. The molecule has 3 rings (SSSR count). The van der Waals surface area contributed by atoms with E-state index in [0.717, 1.165) is 10.9 Å². The minimum absolute atomic E-state index is 0.0461. The molecule has 0 saturated heterocycles. The van der Waals surface area contributed by atoms with E-state index in [4.69, 9.17) is 17.3 Å². The summed E-state index contributed by atoms with van der Waals surface area (Å²) in [5.74, 6) is -4.66. The number of hydrogen-bond donors (Lipinski definition) is 8. The lowest BCUT2D eigenvalue weighted by Crippen LogP contribution is -2.61. The number of nitrogens with two attached hydrogens (primary N) is 1. The van der Waals surface area contributed by atoms with E-state index in [1.165, 1.54) is 6.92 Å². The Morgan fingerprint density at radius 3 is 2.11 bits per heavy atom. The van der Waals surface area contributed by atoms with Crippen molar-refractivity contribution in [3.8, 4) is 0 Å². The first kappa shape index (κ1) is 35.4. The number of carbonyl (C=O) groups is 6. The zero-order valence-corrected chi connectivity index (χ0v) is 26.6. The van der Waals surface area contributed by atoms with E-state index in [0.29, 0.717) is 16.3 Å². The number of para-hydroxylation sites is 1. The van der Waals surface area contributed by atoms with Gasteiger partial charge in [0.15, 0.2) is 11.6 Å². The molecule has 46 heavy (non-hydrogen) atoms. The second kappa shape index (κ2) is 15.3. The van der Waals surface area contributed by atoms with Crippen molar-refractivity contribution in [2.24, 2.45) is 11.1 Å². The van der Waals surface area contributed by atoms with Crippen LogP contribution >= 0.6 is 0 Å². The van der Waals surface area contributed by atoms with Gasteiger partial charge in [-0.15, -0.1) is 0 Å². The maximum absolute atomic E-state index is 13.7. The topological polar surface area (TPSA) is 225 Å². The molecule has 15 heteroatoms. The van der Waals surface area contributed by atoms with Gasteiger partial charge < -0.3 is 42.4 Å². The third-order valence-electron chi connectivity index (χ3n) is 7.04. The molecule has 14 nitrogen and oxygen atoms in total. The van der Waals surface area contributed by atoms with Crippen LogP contribution in [0.15, 0.2) is 54.7 Å². The Morgan fingerprint density at radius 2 is 1.50 bits per heavy atom. The van der Waals surface area contributed by atoms with Crippen LogP contribution in [0.25, 0.3) is 10.9 Å². The molecule has 0 fully saturated rings. The number of urea groups is 1. The minimum atomic E-state index is -1.53. The zero-order valence-electron chi connectivity index (χ0n) is 25.8. The lowest BCUT2D eigenvalue weighted by atomic mass is 9.85. The molecule has 0 aliphatic heterocycles. The maximum atomic E-state index is 13.7. The number of hydrogen-bond acceptors (Lipinski definition) is 6. The first-order chi connectivity index (χ1) is 21.5. The Morgan fingerprint density at radius 1 is 0.870 bits per heavy atom. The second-order valence-corrected chi connectivity index (χ2v) is 12.3. The molecule has 0 spiro atoms. The molecular weight excluding hydrogens is 618 g/mol. The van der Waals surface area contributed by atoms with Gasteiger partial charge >= 0.3 is 12.0 Å². The van der Waals surface area contributed by atoms with Gasteiger partial charge in [-0.2, -0.15) is 0 Å². The predicted octanol–water partition coefficient (Wildman–Crippen LogP) is 1.08. The monoisotopic (exact) mass is 656 g/mol. The van der Waals surface area contributed by atoms with Gasteiger partial charge in [0, 0.05) is 41.3 Å². The largest absolute Gasteiger partial charge is 0.481 e. The highest BCUT2D eigenvalue weighted by Crippen LogP contribution is 2.22. The standard InChI is InChI=1S/C31H38ClN7O7/c1-16(35-30(46)36-19-11-9-18(32)10-12-19)27(43)39-25(31(2,3)4)29(45)38-23(28(44)37-22(26(33)42)14-24(40)41)13-17-15-34-21-8-6-5-7-20(17)21/h5-12,15-16,22-23,25,32,34H,13-14H2,1-4H3,(H7-,33,35,36,37,38,39,40,41,42,43,44,45,46)/p+1. The van der Waals surface area contributed by atoms with Gasteiger partial charge in [0.25, 0.3) is 0 Å². The summed E-state index contributed by atoms with van der Waals surface area (Å²) in [6, 6.07) is 8.07. The van der Waals surface area contributed by atoms with Gasteiger partial charge in [-0.05, 0) is 36.1 Å². The number of fused-ring (bicyclic) bond motifs is 1. The average Bonchev–Trinajstić information content (AvgIpc) is 3.37. The van der Waals surface area contributed by atoms with Crippen molar-refractivity contribution in [2.75, 3.05) is 5.32 Å². The van der Waals surface area contributed by atoms with Crippen molar-refractivity contribution < 1.29 is 45.5 Å². The number of H-pyrrole nitrogens is 1. The first-order valence-corrected chi connectivity index (χ1v) is 14.8. The van der Waals surface area contributed by atoms with E-state index in [-0.39, 0.29) is 6.42 Å². The van der Waals surface area contributed by atoms with Crippen LogP contribution in [-0.4, -0.2) is 69.9 Å². The molecule has 0 saturated carbocycles. The number of anilines is 1. The Bertz CT molecular complexity index is 1600. The van der Waals surface area contributed by atoms with Crippen molar-refractivity contribution in [3.05, 3.63) is 65.3 Å². The fourth-order valence-electron chi connectivity index (χ4n) is 4.56. The van der Waals surface area contributed by atoms with Gasteiger partial charge in [0.2, 0.25) is 28.7 Å². The highest BCUT2D eigenvalue weighted by Gasteiger charge is 2.37. The van der Waals surface area contributed by atoms with Crippen LogP contribution in [0.5, 0.6) is 0 Å². The second-order valence-electron chi connectivity index (χ2n) is 11.8. The molecule has 6 amide bonds. The van der Waals surface area contributed by atoms with Crippen molar-refractivity contribution in [1.29, 1.82) is 0 Å². The van der Waals surface area contributed by atoms with Crippen LogP contribution in [0.3, 0.4) is 0 Å². The third-order valence-corrected chi connectivity index (χ3v) is 7.31. The molecule has 1 aromatic heterocycles. The summed E-state index contributed by atoms with van der Waals surface area (Å²) >= 11 is 5.03. The molecule has 9 N–H and O–H groups in total. The number of aliphatic carboxylic acids is 1. The van der Waals surface area contributed by atoms with E-state index in [2.05, 4.69) is 31.6 Å². The van der Waals surface area contributed by atoms with Crippen LogP contribution in [0.1, 0.15) is 39.7 Å². The molecule has 0 radical (unpaired) electrons. The van der Waals surface area contributed by atoms with Gasteiger partial charge in [-0.1, -0.05) is 39.0 Å². The number of carbonyl (C=O) groups excluding carboxylic acids is 5. The SMILES string of the molecule is CC(NC(=O)Nc1ccc([ClH+])cc1)C(=O)NC(C(=O)NC(Cc1c[nH]c2ccccc12)C(=O)NC(CC(=O)O)C(N)=O)C(C)(C)C. The van der Waals surface area contributed by atoms with Crippen molar-refractivity contribution >= 4 is 52.2 Å². The van der Waals surface area contributed by atoms with Crippen LogP contribution < -0.4 is 32.3 Å². The van der Waals surface area contributed by atoms with Gasteiger partial charge in [0.05, 0.1) is 6.42 Å². The Labute approximate surface area is 270 Å². The number of primary amides is 1. The molecule has 4 atom stereocenters. The summed E-state index contributed by atoms with van der Waals surface area (Å²) in [5, 5.41) is 23.3. The lowest BCUT2D eigenvalue weighted by molar-refractivity contribution is -0.288. The first-order valence-electron chi connectivity index (χ1n) is 14.4. The maximum Gasteiger partial charge on any atom is 0.319 e. The number of amides is 6. The minimum Gasteiger partial charge on any atom is -0.481 e. The number of benzene rings is 2. The molecule has 246 valence electrons. The molecular formula is C31H39ClN7O7+. The van der Waals surface area contributed by atoms with Crippen LogP contribution in [-0.2, 0) is 30.4 Å². The van der Waals surface area contributed by atoms with Crippen molar-refractivity contribution in [2.45, 2.75) is 64.7 Å². The van der Waals surface area contributed by atoms with Gasteiger partial charge in [0.1, 0.15) is 24.2 Å². The van der Waals surface area contributed by atoms with E-state index < -0.39 is 71.6 Å². The fraction of sp³-hybridized carbons (Fsp3) is 0.355. The number of rotatable bonds is 13. The fourth-order valence-corrected chi connectivity index (χ4v) is 4.70. The van der Waals surface area contributed by atoms with Gasteiger partial charge in [-0.3, -0.25) is 24.0 Å². The number of halogens is 1. The number of nitrogens with one attached hydrogen (secondary N) is 6. The summed E-state index contributed by atoms with van der Waals surface area (Å²) in [6.45, 7) is 6.56. The molecule has 0 aliphatic rings. The lowest BCUT2D eigenvalue weighted by Gasteiger charge is -2.32. The zero-order chi connectivity index (χ0) is 34.2. The number of carboxylic acids is 1. The van der Waals surface area contributed by atoms with E-state index >= 15 is 0 Å². The molecule has 0 aliphatic carbocycles. The normalized spacial score (nSPS) is 13.8. The van der Waals surface area contributed by atoms with E-state index in [9.17, 15) is 33.9 Å². The van der Waals surface area contributed by atoms with E-state index in [1.54, 1.807) is 57.3 Å². The number of aromatic nitrogens is 1. The third kappa shape index (κ3) is 9.95. The van der Waals surface area contributed by atoms with Crippen molar-refractivity contribution in [3.63, 3.8) is 0 Å². The highest BCUT2D eigenvalue weighted by atomic mass is 35.5. The Kier molecular flexibility index (Phi) is 11.7. The molecule has 1 heterocycles. The smallest absolute Gasteiger partial charge is 0.319 e. The van der Waals surface area contributed by atoms with Gasteiger partial charge in [-0.25, -0.2) is 4.79 Å². The Balaban J connectivity index is 1.79. The van der Waals surface area contributed by atoms with Crippen LogP contribution in [0, 0.1) is 17.0 Å². The van der Waals surface area contributed by atoms with Crippen LogP contribution in [0.2, 0.25) is 5.02 Å². The Hall–Kier alpha value is -5.11. The average molecular weight is 657 g/mol. The summed E-state index contributed by atoms with van der Waals surface area (Å²) in [6.07, 6.45) is 0.871.